The Morgan fingerprint density at radius 1 is 1.06 bits per heavy atom. The summed E-state index contributed by atoms with van der Waals surface area (Å²) in [5.41, 5.74) is 5.18. The second kappa shape index (κ2) is 10.3. The first-order valence-electron chi connectivity index (χ1n) is 12.0. The van der Waals surface area contributed by atoms with Gasteiger partial charge in [0.25, 0.3) is 0 Å². The molecule has 0 fully saturated rings. The molecular weight excluding hydrogens is 410 g/mol. The number of benzene rings is 2. The van der Waals surface area contributed by atoms with Crippen molar-refractivity contribution < 1.29 is 4.79 Å². The van der Waals surface area contributed by atoms with Crippen molar-refractivity contribution in [3.8, 4) is 11.1 Å². The van der Waals surface area contributed by atoms with Crippen LogP contribution in [0.2, 0.25) is 0 Å². The lowest BCUT2D eigenvalue weighted by Gasteiger charge is -2.23. The number of aromatic nitrogens is 3. The Bertz CT molecular complexity index is 1100. The van der Waals surface area contributed by atoms with E-state index in [1.807, 2.05) is 6.92 Å². The second-order valence-electron chi connectivity index (χ2n) is 9.31. The van der Waals surface area contributed by atoms with Gasteiger partial charge in [-0.1, -0.05) is 63.2 Å². The molecule has 0 bridgehead atoms. The monoisotopic (exact) mass is 445 g/mol. The fraction of sp³-hybridized carbons (Fsp3) is 0.444. The maximum Gasteiger partial charge on any atom is 0.220 e. The van der Waals surface area contributed by atoms with Crippen molar-refractivity contribution in [2.75, 3.05) is 13.1 Å². The second-order valence-corrected chi connectivity index (χ2v) is 9.31. The maximum atomic E-state index is 12.1. The summed E-state index contributed by atoms with van der Waals surface area (Å²) in [6.07, 6.45) is 1.33. The number of nitrogens with one attached hydrogen (secondary N) is 1. The van der Waals surface area contributed by atoms with E-state index in [9.17, 15) is 4.79 Å². The van der Waals surface area contributed by atoms with E-state index in [-0.39, 0.29) is 17.9 Å². The van der Waals surface area contributed by atoms with E-state index in [4.69, 9.17) is 0 Å². The van der Waals surface area contributed by atoms with Gasteiger partial charge in [0.05, 0.1) is 6.04 Å². The molecule has 2 aromatic carbocycles. The Balaban J connectivity index is 1.48. The molecule has 1 amide bonds. The minimum atomic E-state index is -0.115. The minimum Gasteiger partial charge on any atom is -0.346 e. The maximum absolute atomic E-state index is 12.1. The van der Waals surface area contributed by atoms with Crippen molar-refractivity contribution in [1.82, 2.24) is 25.0 Å². The lowest BCUT2D eigenvalue weighted by Crippen LogP contribution is -2.34. The van der Waals surface area contributed by atoms with Gasteiger partial charge >= 0.3 is 0 Å². The Labute approximate surface area is 197 Å². The van der Waals surface area contributed by atoms with Crippen LogP contribution in [-0.2, 0) is 24.3 Å². The summed E-state index contributed by atoms with van der Waals surface area (Å²) in [6.45, 7) is 11.9. The highest BCUT2D eigenvalue weighted by Gasteiger charge is 2.27. The van der Waals surface area contributed by atoms with Crippen LogP contribution < -0.4 is 5.32 Å². The number of amides is 1. The standard InChI is InChI=1S/C27H35N5O/c1-5-25(33)28-26(19(2)3)27-30-29-24-13-14-31(15-16-32(24)27)18-21-10-8-11-22(17-21)23-12-7-6-9-20(23)4/h6-12,17,19,26H,5,13-16,18H2,1-4H3,(H,28,33)/t26-/m0/s1. The summed E-state index contributed by atoms with van der Waals surface area (Å²) in [5.74, 6) is 2.19. The predicted octanol–water partition coefficient (Wildman–Crippen LogP) is 4.54. The summed E-state index contributed by atoms with van der Waals surface area (Å²) in [7, 11) is 0. The van der Waals surface area contributed by atoms with Crippen LogP contribution in [0.5, 0.6) is 0 Å². The first-order valence-corrected chi connectivity index (χ1v) is 12.0. The first kappa shape index (κ1) is 23.2. The van der Waals surface area contributed by atoms with Gasteiger partial charge in [0.2, 0.25) is 5.91 Å². The average molecular weight is 446 g/mol. The molecule has 2 heterocycles. The summed E-state index contributed by atoms with van der Waals surface area (Å²) < 4.78 is 2.23. The van der Waals surface area contributed by atoms with Gasteiger partial charge in [-0.2, -0.15) is 0 Å². The molecule has 0 unspecified atom stereocenters. The normalized spacial score (nSPS) is 15.2. The molecule has 1 atom stereocenters. The quantitative estimate of drug-likeness (QED) is 0.580. The van der Waals surface area contributed by atoms with E-state index >= 15 is 0 Å². The topological polar surface area (TPSA) is 63.1 Å². The fourth-order valence-electron chi connectivity index (χ4n) is 4.57. The molecule has 3 aromatic rings. The van der Waals surface area contributed by atoms with Crippen LogP contribution in [0.25, 0.3) is 11.1 Å². The van der Waals surface area contributed by atoms with E-state index in [2.05, 4.69) is 94.3 Å². The third-order valence-corrected chi connectivity index (χ3v) is 6.52. The Hall–Kier alpha value is -2.99. The highest BCUT2D eigenvalue weighted by Crippen LogP contribution is 2.26. The molecule has 1 N–H and O–H groups in total. The van der Waals surface area contributed by atoms with Crippen molar-refractivity contribution in [2.24, 2.45) is 5.92 Å². The van der Waals surface area contributed by atoms with Crippen LogP contribution >= 0.6 is 0 Å². The van der Waals surface area contributed by atoms with Gasteiger partial charge in [0, 0.05) is 39.0 Å². The molecule has 0 spiro atoms. The average Bonchev–Trinajstić information content (AvgIpc) is 3.11. The summed E-state index contributed by atoms with van der Waals surface area (Å²) in [6, 6.07) is 17.3. The van der Waals surface area contributed by atoms with Crippen LogP contribution in [0.15, 0.2) is 48.5 Å². The Morgan fingerprint density at radius 3 is 2.64 bits per heavy atom. The number of rotatable bonds is 7. The zero-order valence-corrected chi connectivity index (χ0v) is 20.2. The number of fused-ring (bicyclic) bond motifs is 1. The highest BCUT2D eigenvalue weighted by atomic mass is 16.1. The molecule has 4 rings (SSSR count). The van der Waals surface area contributed by atoms with Gasteiger partial charge in [0.1, 0.15) is 5.82 Å². The molecule has 6 heteroatoms. The fourth-order valence-corrected chi connectivity index (χ4v) is 4.57. The zero-order chi connectivity index (χ0) is 23.4. The molecule has 0 saturated heterocycles. The summed E-state index contributed by atoms with van der Waals surface area (Å²) in [5, 5.41) is 12.1. The largest absolute Gasteiger partial charge is 0.346 e. The van der Waals surface area contributed by atoms with Crippen molar-refractivity contribution in [2.45, 2.75) is 59.7 Å². The van der Waals surface area contributed by atoms with Crippen molar-refractivity contribution in [1.29, 1.82) is 0 Å². The van der Waals surface area contributed by atoms with Crippen LogP contribution in [-0.4, -0.2) is 38.7 Å². The van der Waals surface area contributed by atoms with Crippen LogP contribution in [0.1, 0.15) is 56.0 Å². The summed E-state index contributed by atoms with van der Waals surface area (Å²) >= 11 is 0. The SMILES string of the molecule is CCC(=O)N[C@H](c1nnc2n1CCN(Cc1cccc(-c3ccccc3C)c1)CC2)C(C)C. The van der Waals surface area contributed by atoms with E-state index in [0.29, 0.717) is 6.42 Å². The number of nitrogens with zero attached hydrogens (tertiary/aromatic N) is 4. The van der Waals surface area contributed by atoms with E-state index < -0.39 is 0 Å². The number of hydrogen-bond donors (Lipinski definition) is 1. The lowest BCUT2D eigenvalue weighted by molar-refractivity contribution is -0.121. The predicted molar refractivity (Wildman–Crippen MR) is 132 cm³/mol. The van der Waals surface area contributed by atoms with Gasteiger partial charge in [-0.05, 0) is 41.2 Å². The van der Waals surface area contributed by atoms with Crippen molar-refractivity contribution >= 4 is 5.91 Å². The van der Waals surface area contributed by atoms with Crippen LogP contribution in [0, 0.1) is 12.8 Å². The Kier molecular flexibility index (Phi) is 7.23. The van der Waals surface area contributed by atoms with E-state index in [1.165, 1.54) is 22.3 Å². The molecule has 1 aromatic heterocycles. The molecule has 0 radical (unpaired) electrons. The minimum absolute atomic E-state index is 0.0508. The Morgan fingerprint density at radius 2 is 1.88 bits per heavy atom. The van der Waals surface area contributed by atoms with Crippen molar-refractivity contribution in [3.05, 3.63) is 71.3 Å². The molecule has 33 heavy (non-hydrogen) atoms. The highest BCUT2D eigenvalue weighted by molar-refractivity contribution is 5.76. The van der Waals surface area contributed by atoms with Gasteiger partial charge in [-0.3, -0.25) is 9.69 Å². The van der Waals surface area contributed by atoms with E-state index in [1.54, 1.807) is 0 Å². The third kappa shape index (κ3) is 5.33. The number of aryl methyl sites for hydroxylation is 1. The van der Waals surface area contributed by atoms with Gasteiger partial charge in [0.15, 0.2) is 5.82 Å². The molecular formula is C27H35N5O. The third-order valence-electron chi connectivity index (χ3n) is 6.52. The lowest BCUT2D eigenvalue weighted by atomic mass is 9.99. The number of carbonyl (C=O) groups is 1. The van der Waals surface area contributed by atoms with Crippen molar-refractivity contribution in [3.63, 3.8) is 0 Å². The van der Waals surface area contributed by atoms with E-state index in [0.717, 1.165) is 44.2 Å². The van der Waals surface area contributed by atoms with Gasteiger partial charge in [-0.25, -0.2) is 0 Å². The molecule has 1 aliphatic heterocycles. The van der Waals surface area contributed by atoms with Gasteiger partial charge in [-0.15, -0.1) is 10.2 Å². The molecule has 0 aliphatic carbocycles. The molecule has 0 saturated carbocycles. The van der Waals surface area contributed by atoms with Gasteiger partial charge < -0.3 is 9.88 Å². The smallest absolute Gasteiger partial charge is 0.220 e. The van der Waals surface area contributed by atoms with Crippen LogP contribution in [0.3, 0.4) is 0 Å². The molecule has 6 nitrogen and oxygen atoms in total. The first-order chi connectivity index (χ1) is 16.0. The number of hydrogen-bond acceptors (Lipinski definition) is 4. The van der Waals surface area contributed by atoms with Crippen LogP contribution in [0.4, 0.5) is 0 Å². The summed E-state index contributed by atoms with van der Waals surface area (Å²) in [4.78, 5) is 14.6. The molecule has 1 aliphatic rings. The number of carbonyl (C=O) groups excluding carboxylic acids is 1. The molecule has 174 valence electrons. The zero-order valence-electron chi connectivity index (χ0n) is 20.2.